The molecule has 2 aliphatic heterocycles. The van der Waals surface area contributed by atoms with Gasteiger partial charge in [0, 0.05) is 48.8 Å². The van der Waals surface area contributed by atoms with Gasteiger partial charge in [-0.25, -0.2) is 0 Å². The summed E-state index contributed by atoms with van der Waals surface area (Å²) >= 11 is 1.96. The second-order valence-electron chi connectivity index (χ2n) is 21.4. The van der Waals surface area contributed by atoms with Crippen molar-refractivity contribution in [1.82, 2.24) is 4.57 Å². The Balaban J connectivity index is 1.14. The van der Waals surface area contributed by atoms with Crippen LogP contribution in [0.4, 0.5) is 17.1 Å². The van der Waals surface area contributed by atoms with Gasteiger partial charge in [0.1, 0.15) is 0 Å². The zero-order valence-electron chi connectivity index (χ0n) is 42.8. The summed E-state index contributed by atoms with van der Waals surface area (Å²) in [5.74, 6) is 0. The van der Waals surface area contributed by atoms with Crippen molar-refractivity contribution in [2.24, 2.45) is 0 Å². The SMILES string of the molecule is CCCCCCc1cc2c3c(c1)N(c1c(-c4ccc(-c5ccccc5)cc4)cc(C(C)(C)C)cc1-c1ccc(-c4ccccc4)cc1)c1cc(-n4c5ccccc5c5ccccc54)ccc1B3c1ccccc1S2. The van der Waals surface area contributed by atoms with Gasteiger partial charge in [0.2, 0.25) is 6.71 Å². The molecule has 10 aromatic carbocycles. The highest BCUT2D eigenvalue weighted by Crippen LogP contribution is 2.52. The molecule has 0 amide bonds. The number of para-hydroxylation sites is 2. The molecule has 0 bridgehead atoms. The van der Waals surface area contributed by atoms with Gasteiger partial charge >= 0.3 is 0 Å². The quantitative estimate of drug-likeness (QED) is 0.0943. The Hall–Kier alpha value is -7.79. The summed E-state index contributed by atoms with van der Waals surface area (Å²) in [4.78, 5) is 5.44. The van der Waals surface area contributed by atoms with Crippen molar-refractivity contribution in [3.8, 4) is 50.2 Å². The molecule has 1 aromatic heterocycles. The fourth-order valence-corrected chi connectivity index (χ4v) is 13.1. The molecule has 74 heavy (non-hydrogen) atoms. The molecule has 0 aliphatic carbocycles. The molecule has 0 saturated carbocycles. The number of rotatable bonds is 11. The largest absolute Gasteiger partial charge is 0.310 e. The van der Waals surface area contributed by atoms with Crippen LogP contribution in [0, 0.1) is 0 Å². The first-order valence-electron chi connectivity index (χ1n) is 26.7. The van der Waals surface area contributed by atoms with Crippen molar-refractivity contribution in [3.63, 3.8) is 0 Å². The Kier molecular flexibility index (Phi) is 11.8. The third-order valence-electron chi connectivity index (χ3n) is 15.7. The van der Waals surface area contributed by atoms with Crippen molar-refractivity contribution < 1.29 is 0 Å². The number of benzene rings is 10. The van der Waals surface area contributed by atoms with E-state index < -0.39 is 0 Å². The van der Waals surface area contributed by atoms with Gasteiger partial charge in [-0.3, -0.25) is 0 Å². The van der Waals surface area contributed by atoms with Gasteiger partial charge in [-0.1, -0.05) is 234 Å². The summed E-state index contributed by atoms with van der Waals surface area (Å²) in [5, 5.41) is 2.53. The van der Waals surface area contributed by atoms with Crippen molar-refractivity contribution in [2.45, 2.75) is 75.0 Å². The highest BCUT2D eigenvalue weighted by atomic mass is 32.2. The van der Waals surface area contributed by atoms with Crippen LogP contribution in [0.25, 0.3) is 72.0 Å². The van der Waals surface area contributed by atoms with Crippen LogP contribution in [0.2, 0.25) is 0 Å². The summed E-state index contributed by atoms with van der Waals surface area (Å²) in [6.45, 7) is 9.45. The van der Waals surface area contributed by atoms with Gasteiger partial charge in [0.05, 0.1) is 16.7 Å². The summed E-state index contributed by atoms with van der Waals surface area (Å²) < 4.78 is 2.49. The third-order valence-corrected chi connectivity index (χ3v) is 16.8. The number of anilines is 3. The lowest BCUT2D eigenvalue weighted by Crippen LogP contribution is -2.60. The average Bonchev–Trinajstić information content (AvgIpc) is 3.78. The van der Waals surface area contributed by atoms with E-state index in [-0.39, 0.29) is 12.1 Å². The van der Waals surface area contributed by atoms with Crippen molar-refractivity contribution in [3.05, 3.63) is 236 Å². The predicted molar refractivity (Wildman–Crippen MR) is 319 cm³/mol. The highest BCUT2D eigenvalue weighted by Gasteiger charge is 2.42. The lowest BCUT2D eigenvalue weighted by Gasteiger charge is -2.42. The van der Waals surface area contributed by atoms with Gasteiger partial charge in [0.25, 0.3) is 0 Å². The van der Waals surface area contributed by atoms with Crippen molar-refractivity contribution >= 4 is 73.7 Å². The van der Waals surface area contributed by atoms with Crippen LogP contribution in [-0.4, -0.2) is 11.3 Å². The lowest BCUT2D eigenvalue weighted by atomic mass is 9.35. The number of aryl methyl sites for hydroxylation is 1. The van der Waals surface area contributed by atoms with Gasteiger partial charge in [0.15, 0.2) is 0 Å². The minimum absolute atomic E-state index is 0.0566. The average molecular weight is 971 g/mol. The minimum atomic E-state index is -0.136. The molecule has 0 atom stereocenters. The van der Waals surface area contributed by atoms with E-state index in [2.05, 4.69) is 262 Å². The number of hydrogen-bond acceptors (Lipinski definition) is 2. The number of unbranched alkanes of at least 4 members (excludes halogenated alkanes) is 3. The molecule has 0 fully saturated rings. The molecule has 0 saturated heterocycles. The molecular weight excluding hydrogens is 912 g/mol. The molecule has 0 spiro atoms. The van der Waals surface area contributed by atoms with E-state index in [9.17, 15) is 0 Å². The number of fused-ring (bicyclic) bond motifs is 7. The molecule has 358 valence electrons. The van der Waals surface area contributed by atoms with Crippen LogP contribution >= 0.6 is 11.8 Å². The number of nitrogens with zero attached hydrogens (tertiary/aromatic N) is 2. The second kappa shape index (κ2) is 18.9. The van der Waals surface area contributed by atoms with E-state index in [0.717, 1.165) is 12.1 Å². The summed E-state index contributed by atoms with van der Waals surface area (Å²) in [5.41, 5.74) is 23.6. The van der Waals surface area contributed by atoms with E-state index >= 15 is 0 Å². The van der Waals surface area contributed by atoms with Crippen molar-refractivity contribution in [1.29, 1.82) is 0 Å². The predicted octanol–water partition coefficient (Wildman–Crippen LogP) is 17.6. The molecule has 0 unspecified atom stereocenters. The van der Waals surface area contributed by atoms with Crippen LogP contribution in [-0.2, 0) is 11.8 Å². The van der Waals surface area contributed by atoms with E-state index in [1.807, 2.05) is 11.8 Å². The van der Waals surface area contributed by atoms with E-state index in [4.69, 9.17) is 0 Å². The monoisotopic (exact) mass is 970 g/mol. The molecule has 2 nitrogen and oxygen atoms in total. The maximum atomic E-state index is 2.72. The Bertz CT molecular complexity index is 3730. The van der Waals surface area contributed by atoms with Gasteiger partial charge in [-0.05, 0) is 128 Å². The smallest absolute Gasteiger partial charge is 0.249 e. The van der Waals surface area contributed by atoms with Gasteiger partial charge in [-0.2, -0.15) is 0 Å². The highest BCUT2D eigenvalue weighted by molar-refractivity contribution is 8.00. The second-order valence-corrected chi connectivity index (χ2v) is 22.5. The van der Waals surface area contributed by atoms with Crippen molar-refractivity contribution in [2.75, 3.05) is 4.90 Å². The van der Waals surface area contributed by atoms with Gasteiger partial charge in [-0.15, -0.1) is 0 Å². The fraction of sp³-hybridized carbons (Fsp3) is 0.143. The lowest BCUT2D eigenvalue weighted by molar-refractivity contribution is 0.591. The molecular formula is C70H59BN2S. The number of hydrogen-bond donors (Lipinski definition) is 0. The molecule has 0 N–H and O–H groups in total. The van der Waals surface area contributed by atoms with Crippen LogP contribution < -0.4 is 21.3 Å². The van der Waals surface area contributed by atoms with E-state index in [1.54, 1.807) is 0 Å². The molecule has 2 aliphatic rings. The first kappa shape index (κ1) is 46.0. The van der Waals surface area contributed by atoms with Crippen LogP contribution in [0.1, 0.15) is 64.5 Å². The third kappa shape index (κ3) is 8.08. The molecule has 4 heteroatoms. The van der Waals surface area contributed by atoms with Crippen LogP contribution in [0.3, 0.4) is 0 Å². The fourth-order valence-electron chi connectivity index (χ4n) is 11.9. The zero-order valence-corrected chi connectivity index (χ0v) is 43.6. The standard InChI is InChI=1S/C70H59BN2S/c1-5-6-7-10-21-47-42-65-68-67(43-47)74-66-31-20-17-28-61(66)71(68)60-41-40-55(72-62-29-18-15-26-56(62)57-27-16-19-30-63(57)72)46-64(60)73(65)69-58(52-36-32-50(33-37-52)48-22-11-8-12-23-48)44-54(70(2,3)4)45-59(69)53-38-34-51(35-39-53)49-24-13-9-14-25-49/h8-9,11-20,22-46H,5-7,10,21H2,1-4H3. The Morgan fingerprint density at radius 2 is 0.986 bits per heavy atom. The Morgan fingerprint density at radius 3 is 1.58 bits per heavy atom. The molecule has 0 radical (unpaired) electrons. The maximum Gasteiger partial charge on any atom is 0.249 e. The van der Waals surface area contributed by atoms with Crippen LogP contribution in [0.15, 0.2) is 234 Å². The zero-order chi connectivity index (χ0) is 49.9. The summed E-state index contributed by atoms with van der Waals surface area (Å²) in [6, 6.07) is 84.9. The summed E-state index contributed by atoms with van der Waals surface area (Å²) in [6.07, 6.45) is 5.92. The molecule has 3 heterocycles. The Morgan fingerprint density at radius 1 is 0.446 bits per heavy atom. The van der Waals surface area contributed by atoms with Gasteiger partial charge < -0.3 is 9.47 Å². The normalized spacial score (nSPS) is 12.8. The van der Waals surface area contributed by atoms with E-state index in [0.29, 0.717) is 0 Å². The minimum Gasteiger partial charge on any atom is -0.310 e. The van der Waals surface area contributed by atoms with Crippen LogP contribution in [0.5, 0.6) is 0 Å². The molecule has 11 aromatic rings. The molecule has 13 rings (SSSR count). The topological polar surface area (TPSA) is 8.17 Å². The number of aromatic nitrogens is 1. The first-order valence-corrected chi connectivity index (χ1v) is 27.5. The Labute approximate surface area is 441 Å². The first-order chi connectivity index (χ1) is 36.3. The maximum absolute atomic E-state index is 2.72. The van der Waals surface area contributed by atoms with E-state index in [1.165, 1.54) is 146 Å². The summed E-state index contributed by atoms with van der Waals surface area (Å²) in [7, 11) is 0.